The van der Waals surface area contributed by atoms with Crippen LogP contribution in [0, 0.1) is 0 Å². The highest BCUT2D eigenvalue weighted by atomic mass is 35.5. The Morgan fingerprint density at radius 3 is 2.80 bits per heavy atom. The Bertz CT molecular complexity index is 1140. The Morgan fingerprint density at radius 1 is 1.23 bits per heavy atom. The second-order valence-corrected chi connectivity index (χ2v) is 7.38. The lowest BCUT2D eigenvalue weighted by molar-refractivity contribution is -0.113. The van der Waals surface area contributed by atoms with Gasteiger partial charge in [-0.15, -0.1) is 0 Å². The van der Waals surface area contributed by atoms with E-state index in [2.05, 4.69) is 26.2 Å². The summed E-state index contributed by atoms with van der Waals surface area (Å²) < 4.78 is 7.16. The maximum atomic E-state index is 13.4. The highest BCUT2D eigenvalue weighted by Gasteiger charge is 2.34. The molecule has 0 spiro atoms. The Labute approximate surface area is 182 Å². The summed E-state index contributed by atoms with van der Waals surface area (Å²) in [4.78, 5) is 13.4. The summed E-state index contributed by atoms with van der Waals surface area (Å²) in [5.74, 6) is 0.698. The molecule has 0 aliphatic carbocycles. The van der Waals surface area contributed by atoms with Gasteiger partial charge in [0.15, 0.2) is 0 Å². The third-order valence-corrected chi connectivity index (χ3v) is 5.39. The normalized spacial score (nSPS) is 15.4. The summed E-state index contributed by atoms with van der Waals surface area (Å²) in [5.41, 5.74) is 2.36. The van der Waals surface area contributed by atoms with E-state index in [0.717, 1.165) is 5.56 Å². The van der Waals surface area contributed by atoms with Gasteiger partial charge in [-0.1, -0.05) is 46.5 Å². The quantitative estimate of drug-likeness (QED) is 0.608. The molecular weight excluding hydrogens is 427 g/mol. The number of carbonyl (C=O) groups is 1. The van der Waals surface area contributed by atoms with Crippen molar-refractivity contribution in [3.8, 4) is 5.75 Å². The van der Waals surface area contributed by atoms with Crippen molar-refractivity contribution in [2.75, 3.05) is 17.2 Å². The van der Waals surface area contributed by atoms with Crippen LogP contribution in [0.1, 0.15) is 25.5 Å². The molecule has 2 N–H and O–H groups in total. The molecule has 0 fully saturated rings. The monoisotopic (exact) mass is 444 g/mol. The Hall–Kier alpha value is -3.10. The van der Waals surface area contributed by atoms with E-state index in [1.54, 1.807) is 37.3 Å². The molecule has 30 heavy (non-hydrogen) atoms. The van der Waals surface area contributed by atoms with Gasteiger partial charge in [0, 0.05) is 5.70 Å². The Morgan fingerprint density at radius 2 is 2.03 bits per heavy atom. The van der Waals surface area contributed by atoms with Crippen LogP contribution in [-0.2, 0) is 4.79 Å². The zero-order valence-corrected chi connectivity index (χ0v) is 17.7. The van der Waals surface area contributed by atoms with E-state index in [1.165, 1.54) is 4.68 Å². The van der Waals surface area contributed by atoms with Crippen molar-refractivity contribution in [2.24, 2.45) is 0 Å². The standard InChI is InChI=1S/C20H18Cl2N6O2/c1-3-30-16-7-5-4-6-15(16)24-19(29)17-11(2)23-20-25-26-27-28(20)18(17)12-8-9-13(21)14(22)10-12/h4-10,18H,3H2,1-2H3,(H,24,29)(H,23,25,27). The Balaban J connectivity index is 1.76. The molecule has 0 saturated carbocycles. The van der Waals surface area contributed by atoms with Gasteiger partial charge in [-0.25, -0.2) is 0 Å². The van der Waals surface area contributed by atoms with Crippen molar-refractivity contribution in [3.63, 3.8) is 0 Å². The van der Waals surface area contributed by atoms with Gasteiger partial charge in [-0.2, -0.15) is 4.68 Å². The molecule has 4 rings (SSSR count). The second kappa shape index (κ2) is 8.33. The average Bonchev–Trinajstić information content (AvgIpc) is 3.18. The van der Waals surface area contributed by atoms with Gasteiger partial charge < -0.3 is 15.4 Å². The van der Waals surface area contributed by atoms with Crippen LogP contribution in [0.4, 0.5) is 11.6 Å². The maximum Gasteiger partial charge on any atom is 0.255 e. The molecule has 1 aliphatic rings. The first kappa shape index (κ1) is 20.2. The molecular formula is C20H18Cl2N6O2. The zero-order valence-electron chi connectivity index (χ0n) is 16.2. The molecule has 1 atom stereocenters. The summed E-state index contributed by atoms with van der Waals surface area (Å²) in [5, 5.41) is 18.6. The number of carbonyl (C=O) groups excluding carboxylic acids is 1. The topological polar surface area (TPSA) is 94.0 Å². The first-order valence-electron chi connectivity index (χ1n) is 9.23. The van der Waals surface area contributed by atoms with Crippen LogP contribution in [0.5, 0.6) is 5.75 Å². The SMILES string of the molecule is CCOc1ccccc1NC(=O)C1=C(C)Nc2nnnn2C1c1ccc(Cl)c(Cl)c1. The minimum atomic E-state index is -0.592. The molecule has 0 saturated heterocycles. The first-order valence-corrected chi connectivity index (χ1v) is 9.99. The van der Waals surface area contributed by atoms with Gasteiger partial charge in [0.25, 0.3) is 5.91 Å². The number of benzene rings is 2. The van der Waals surface area contributed by atoms with E-state index < -0.39 is 6.04 Å². The third kappa shape index (κ3) is 3.71. The number of aromatic nitrogens is 4. The fourth-order valence-corrected chi connectivity index (χ4v) is 3.64. The molecule has 8 nitrogen and oxygen atoms in total. The molecule has 2 heterocycles. The van der Waals surface area contributed by atoms with Gasteiger partial charge in [-0.3, -0.25) is 4.79 Å². The van der Waals surface area contributed by atoms with Crippen LogP contribution >= 0.6 is 23.2 Å². The molecule has 2 aromatic carbocycles. The fraction of sp³-hybridized carbons (Fsp3) is 0.200. The van der Waals surface area contributed by atoms with E-state index in [-0.39, 0.29) is 5.91 Å². The number of para-hydroxylation sites is 2. The number of hydrogen-bond acceptors (Lipinski definition) is 6. The first-order chi connectivity index (χ1) is 14.5. The van der Waals surface area contributed by atoms with E-state index >= 15 is 0 Å². The van der Waals surface area contributed by atoms with E-state index in [1.807, 2.05) is 19.1 Å². The fourth-order valence-electron chi connectivity index (χ4n) is 3.34. The summed E-state index contributed by atoms with van der Waals surface area (Å²) in [6.07, 6.45) is 0. The molecule has 0 bridgehead atoms. The third-order valence-electron chi connectivity index (χ3n) is 4.65. The minimum Gasteiger partial charge on any atom is -0.492 e. The number of amides is 1. The number of halogens is 2. The molecule has 3 aromatic rings. The summed E-state index contributed by atoms with van der Waals surface area (Å²) in [6.45, 7) is 4.16. The average molecular weight is 445 g/mol. The van der Waals surface area contributed by atoms with Gasteiger partial charge in [0.1, 0.15) is 11.8 Å². The van der Waals surface area contributed by atoms with Crippen molar-refractivity contribution in [2.45, 2.75) is 19.9 Å². The zero-order chi connectivity index (χ0) is 21.3. The number of hydrogen-bond donors (Lipinski definition) is 2. The molecule has 154 valence electrons. The summed E-state index contributed by atoms with van der Waals surface area (Å²) >= 11 is 12.3. The smallest absolute Gasteiger partial charge is 0.255 e. The van der Waals surface area contributed by atoms with Crippen molar-refractivity contribution in [1.82, 2.24) is 20.2 Å². The molecule has 1 aromatic heterocycles. The van der Waals surface area contributed by atoms with Crippen LogP contribution in [0.3, 0.4) is 0 Å². The van der Waals surface area contributed by atoms with E-state index in [0.29, 0.717) is 45.3 Å². The molecule has 0 radical (unpaired) electrons. The largest absolute Gasteiger partial charge is 0.492 e. The number of fused-ring (bicyclic) bond motifs is 1. The van der Waals surface area contributed by atoms with E-state index in [4.69, 9.17) is 27.9 Å². The summed E-state index contributed by atoms with van der Waals surface area (Å²) in [6, 6.07) is 11.9. The van der Waals surface area contributed by atoms with Crippen LogP contribution in [0.25, 0.3) is 0 Å². The number of anilines is 2. The minimum absolute atomic E-state index is 0.315. The van der Waals surface area contributed by atoms with Gasteiger partial charge in [0.05, 0.1) is 27.9 Å². The van der Waals surface area contributed by atoms with Gasteiger partial charge in [-0.05, 0) is 54.1 Å². The van der Waals surface area contributed by atoms with Crippen LogP contribution in [0.15, 0.2) is 53.7 Å². The second-order valence-electron chi connectivity index (χ2n) is 6.57. The number of rotatable bonds is 5. The van der Waals surface area contributed by atoms with Crippen LogP contribution < -0.4 is 15.4 Å². The Kier molecular flexibility index (Phi) is 5.61. The van der Waals surface area contributed by atoms with Crippen molar-refractivity contribution in [1.29, 1.82) is 0 Å². The van der Waals surface area contributed by atoms with Crippen LogP contribution in [0.2, 0.25) is 10.0 Å². The molecule has 1 unspecified atom stereocenters. The van der Waals surface area contributed by atoms with Crippen molar-refractivity contribution < 1.29 is 9.53 Å². The predicted octanol–water partition coefficient (Wildman–Crippen LogP) is 4.31. The van der Waals surface area contributed by atoms with Crippen molar-refractivity contribution in [3.05, 3.63) is 69.3 Å². The van der Waals surface area contributed by atoms with Gasteiger partial charge in [0.2, 0.25) is 5.95 Å². The maximum absolute atomic E-state index is 13.4. The predicted molar refractivity (Wildman–Crippen MR) is 115 cm³/mol. The highest BCUT2D eigenvalue weighted by molar-refractivity contribution is 6.42. The van der Waals surface area contributed by atoms with Crippen LogP contribution in [-0.4, -0.2) is 32.7 Å². The number of nitrogens with one attached hydrogen (secondary N) is 2. The lowest BCUT2D eigenvalue weighted by atomic mass is 9.95. The number of nitrogens with zero attached hydrogens (tertiary/aromatic N) is 4. The molecule has 1 amide bonds. The summed E-state index contributed by atoms with van der Waals surface area (Å²) in [7, 11) is 0. The highest BCUT2D eigenvalue weighted by Crippen LogP contribution is 2.37. The van der Waals surface area contributed by atoms with Gasteiger partial charge >= 0.3 is 0 Å². The number of tetrazole rings is 1. The lowest BCUT2D eigenvalue weighted by Crippen LogP contribution is -2.31. The number of allylic oxidation sites excluding steroid dienone is 1. The van der Waals surface area contributed by atoms with E-state index in [9.17, 15) is 4.79 Å². The molecule has 1 aliphatic heterocycles. The molecule has 10 heteroatoms. The van der Waals surface area contributed by atoms with Crippen molar-refractivity contribution >= 4 is 40.7 Å². The lowest BCUT2D eigenvalue weighted by Gasteiger charge is -2.28. The number of ether oxygens (including phenoxy) is 1.